The summed E-state index contributed by atoms with van der Waals surface area (Å²) in [5, 5.41) is 3.75. The highest BCUT2D eigenvalue weighted by atomic mass is 79.9. The molecule has 0 aromatic carbocycles. The summed E-state index contributed by atoms with van der Waals surface area (Å²) < 4.78 is 2.75. The first-order valence-electron chi connectivity index (χ1n) is 5.55. The Kier molecular flexibility index (Phi) is 3.35. The Bertz CT molecular complexity index is 727. The second-order valence-electron chi connectivity index (χ2n) is 3.91. The number of halogens is 2. The minimum absolute atomic E-state index is 0.468. The van der Waals surface area contributed by atoms with Crippen molar-refractivity contribution in [3.8, 4) is 0 Å². The number of hydrogen-bond acceptors (Lipinski definition) is 4. The molecule has 1 N–H and O–H groups in total. The maximum Gasteiger partial charge on any atom is 0.155 e. The lowest BCUT2D eigenvalue weighted by Gasteiger charge is -2.06. The van der Waals surface area contributed by atoms with Crippen LogP contribution >= 0.6 is 27.5 Å². The average molecular weight is 339 g/mol. The molecular weight excluding hydrogens is 330 g/mol. The second kappa shape index (κ2) is 5.14. The normalized spacial score (nSPS) is 10.8. The summed E-state index contributed by atoms with van der Waals surface area (Å²) in [7, 11) is 0. The molecule has 3 aromatic rings. The molecular formula is C12H9BrClN5. The van der Waals surface area contributed by atoms with E-state index in [0.717, 1.165) is 21.6 Å². The third-order valence-corrected chi connectivity index (χ3v) is 3.26. The molecule has 0 saturated heterocycles. The van der Waals surface area contributed by atoms with Crippen molar-refractivity contribution >= 4 is 38.9 Å². The summed E-state index contributed by atoms with van der Waals surface area (Å²) in [4.78, 5) is 12.4. The molecule has 0 aliphatic rings. The summed E-state index contributed by atoms with van der Waals surface area (Å²) in [6.45, 7) is 0.637. The van der Waals surface area contributed by atoms with E-state index in [1.165, 1.54) is 0 Å². The van der Waals surface area contributed by atoms with Crippen molar-refractivity contribution in [2.75, 3.05) is 5.32 Å². The Morgan fingerprint density at radius 1 is 1.26 bits per heavy atom. The monoisotopic (exact) mass is 337 g/mol. The largest absolute Gasteiger partial charge is 0.379 e. The summed E-state index contributed by atoms with van der Waals surface area (Å²) in [5.41, 5.74) is 2.77. The zero-order chi connectivity index (χ0) is 13.2. The topological polar surface area (TPSA) is 55.1 Å². The fourth-order valence-electron chi connectivity index (χ4n) is 1.75. The van der Waals surface area contributed by atoms with Crippen molar-refractivity contribution in [3.63, 3.8) is 0 Å². The van der Waals surface area contributed by atoms with Gasteiger partial charge in [0.25, 0.3) is 0 Å². The van der Waals surface area contributed by atoms with Crippen molar-refractivity contribution in [3.05, 3.63) is 52.4 Å². The van der Waals surface area contributed by atoms with Crippen molar-refractivity contribution in [2.24, 2.45) is 0 Å². The lowest BCUT2D eigenvalue weighted by Crippen LogP contribution is -2.03. The Hall–Kier alpha value is -1.66. The van der Waals surface area contributed by atoms with Gasteiger partial charge in [0.05, 0.1) is 24.6 Å². The molecule has 0 unspecified atom stereocenters. The quantitative estimate of drug-likeness (QED) is 0.745. The molecule has 3 aromatic heterocycles. The first-order chi connectivity index (χ1) is 9.22. The highest BCUT2D eigenvalue weighted by Crippen LogP contribution is 2.15. The number of hydrogen-bond donors (Lipinski definition) is 1. The van der Waals surface area contributed by atoms with E-state index in [1.54, 1.807) is 18.5 Å². The maximum atomic E-state index is 5.84. The summed E-state index contributed by atoms with van der Waals surface area (Å²) in [5.74, 6) is 0. The predicted octanol–water partition coefficient (Wildman–Crippen LogP) is 3.15. The van der Waals surface area contributed by atoms with Gasteiger partial charge >= 0.3 is 0 Å². The second-order valence-corrected chi connectivity index (χ2v) is 5.11. The van der Waals surface area contributed by atoms with Crippen LogP contribution in [0.3, 0.4) is 0 Å². The zero-order valence-electron chi connectivity index (χ0n) is 9.72. The number of rotatable bonds is 3. The van der Waals surface area contributed by atoms with Crippen molar-refractivity contribution in [1.29, 1.82) is 0 Å². The summed E-state index contributed by atoms with van der Waals surface area (Å²) in [6.07, 6.45) is 7.09. The highest BCUT2D eigenvalue weighted by molar-refractivity contribution is 9.10. The van der Waals surface area contributed by atoms with Crippen LogP contribution in [0.5, 0.6) is 0 Å². The number of fused-ring (bicyclic) bond motifs is 1. The molecule has 19 heavy (non-hydrogen) atoms. The molecule has 3 heterocycles. The van der Waals surface area contributed by atoms with Crippen LogP contribution in [0.25, 0.3) is 5.65 Å². The van der Waals surface area contributed by atoms with E-state index in [4.69, 9.17) is 11.6 Å². The van der Waals surface area contributed by atoms with Gasteiger partial charge in [0.15, 0.2) is 5.65 Å². The van der Waals surface area contributed by atoms with Gasteiger partial charge in [-0.25, -0.2) is 15.0 Å². The minimum atomic E-state index is 0.468. The van der Waals surface area contributed by atoms with Crippen LogP contribution in [0.15, 0.2) is 41.5 Å². The fraction of sp³-hybridized carbons (Fsp3) is 0.0833. The molecule has 0 aliphatic heterocycles. The van der Waals surface area contributed by atoms with Gasteiger partial charge in [0.1, 0.15) is 9.76 Å². The number of aromatic nitrogens is 4. The smallest absolute Gasteiger partial charge is 0.155 e. The van der Waals surface area contributed by atoms with E-state index >= 15 is 0 Å². The van der Waals surface area contributed by atoms with E-state index in [9.17, 15) is 0 Å². The van der Waals surface area contributed by atoms with Gasteiger partial charge < -0.3 is 5.32 Å². The minimum Gasteiger partial charge on any atom is -0.379 e. The van der Waals surface area contributed by atoms with Crippen LogP contribution in [-0.4, -0.2) is 19.4 Å². The Labute approximate surface area is 122 Å². The molecule has 3 rings (SSSR count). The fourth-order valence-corrected chi connectivity index (χ4v) is 2.23. The summed E-state index contributed by atoms with van der Waals surface area (Å²) in [6, 6.07) is 3.65. The van der Waals surface area contributed by atoms with Crippen LogP contribution in [0.4, 0.5) is 5.69 Å². The molecule has 0 spiro atoms. The third-order valence-electron chi connectivity index (χ3n) is 2.64. The van der Waals surface area contributed by atoms with Gasteiger partial charge in [0.2, 0.25) is 0 Å². The molecule has 0 bridgehead atoms. The standard InChI is InChI=1S/C12H9BrClN5/c13-10-7-19-9(5-18-12(19)6-17-10)4-16-8-1-2-15-11(14)3-8/h1-3,5-7H,4H2,(H,15,16). The molecule has 0 amide bonds. The molecule has 0 saturated carbocycles. The van der Waals surface area contributed by atoms with Gasteiger partial charge in [0, 0.05) is 18.1 Å². The Morgan fingerprint density at radius 2 is 2.16 bits per heavy atom. The Balaban J connectivity index is 1.84. The number of nitrogens with zero attached hydrogens (tertiary/aromatic N) is 4. The van der Waals surface area contributed by atoms with E-state index in [2.05, 4.69) is 36.2 Å². The average Bonchev–Trinajstić information content (AvgIpc) is 2.79. The van der Waals surface area contributed by atoms with Gasteiger partial charge in [-0.2, -0.15) is 0 Å². The van der Waals surface area contributed by atoms with Gasteiger partial charge in [-0.3, -0.25) is 4.40 Å². The first kappa shape index (κ1) is 12.4. The lowest BCUT2D eigenvalue weighted by molar-refractivity contribution is 0.982. The number of pyridine rings is 1. The van der Waals surface area contributed by atoms with Crippen molar-refractivity contribution < 1.29 is 0 Å². The van der Waals surface area contributed by atoms with Crippen LogP contribution in [0.1, 0.15) is 5.69 Å². The predicted molar refractivity (Wildman–Crippen MR) is 77.3 cm³/mol. The van der Waals surface area contributed by atoms with E-state index < -0.39 is 0 Å². The first-order valence-corrected chi connectivity index (χ1v) is 6.72. The molecule has 0 fully saturated rings. The molecule has 0 aliphatic carbocycles. The zero-order valence-corrected chi connectivity index (χ0v) is 12.1. The van der Waals surface area contributed by atoms with Gasteiger partial charge in [-0.1, -0.05) is 11.6 Å². The van der Waals surface area contributed by atoms with E-state index in [0.29, 0.717) is 11.7 Å². The number of anilines is 1. The molecule has 5 nitrogen and oxygen atoms in total. The van der Waals surface area contributed by atoms with Crippen LogP contribution < -0.4 is 5.32 Å². The van der Waals surface area contributed by atoms with Crippen LogP contribution in [-0.2, 0) is 6.54 Å². The molecule has 0 radical (unpaired) electrons. The third kappa shape index (κ3) is 2.69. The maximum absolute atomic E-state index is 5.84. The molecule has 7 heteroatoms. The highest BCUT2D eigenvalue weighted by Gasteiger charge is 2.04. The molecule has 96 valence electrons. The van der Waals surface area contributed by atoms with Crippen molar-refractivity contribution in [1.82, 2.24) is 19.4 Å². The molecule has 0 atom stereocenters. The Morgan fingerprint density at radius 3 is 3.00 bits per heavy atom. The van der Waals surface area contributed by atoms with Crippen LogP contribution in [0.2, 0.25) is 5.15 Å². The summed E-state index contributed by atoms with van der Waals surface area (Å²) >= 11 is 9.19. The SMILES string of the molecule is Clc1cc(NCc2cnc3cnc(Br)cn23)ccn1. The van der Waals surface area contributed by atoms with E-state index in [-0.39, 0.29) is 0 Å². The lowest BCUT2D eigenvalue weighted by atomic mass is 10.4. The van der Waals surface area contributed by atoms with Crippen LogP contribution in [0, 0.1) is 0 Å². The van der Waals surface area contributed by atoms with E-state index in [1.807, 2.05) is 22.9 Å². The van der Waals surface area contributed by atoms with Crippen molar-refractivity contribution in [2.45, 2.75) is 6.54 Å². The number of nitrogens with one attached hydrogen (secondary N) is 1. The van der Waals surface area contributed by atoms with Gasteiger partial charge in [-0.05, 0) is 28.1 Å². The number of imidazole rings is 1. The van der Waals surface area contributed by atoms with Gasteiger partial charge in [-0.15, -0.1) is 0 Å².